The van der Waals surface area contributed by atoms with E-state index in [9.17, 15) is 0 Å². The number of nitrogens with one attached hydrogen (secondary N) is 2. The minimum atomic E-state index is -0.261. The van der Waals surface area contributed by atoms with Crippen LogP contribution in [0.5, 0.6) is 0 Å². The van der Waals surface area contributed by atoms with Gasteiger partial charge in [0.05, 0.1) is 17.1 Å². The van der Waals surface area contributed by atoms with Gasteiger partial charge in [-0.2, -0.15) is 0 Å². The maximum atomic E-state index is 5.39. The Hall–Kier alpha value is -5.74. The molecule has 0 aliphatic carbocycles. The Morgan fingerprint density at radius 3 is 2.25 bits per heavy atom. The molecule has 2 N–H and O–H groups in total. The van der Waals surface area contributed by atoms with Crippen molar-refractivity contribution in [2.45, 2.75) is 6.17 Å². The molecule has 0 spiro atoms. The van der Waals surface area contributed by atoms with Gasteiger partial charge < -0.3 is 10.6 Å². The highest BCUT2D eigenvalue weighted by Gasteiger charge is 2.25. The van der Waals surface area contributed by atoms with Crippen LogP contribution in [-0.4, -0.2) is 17.2 Å². The largest absolute Gasteiger partial charge is 0.387 e. The van der Waals surface area contributed by atoms with Crippen LogP contribution in [0.3, 0.4) is 0 Å². The summed E-state index contributed by atoms with van der Waals surface area (Å²) < 4.78 is 0. The zero-order valence-corrected chi connectivity index (χ0v) is 24.1. The number of nitrogens with zero attached hydrogens (tertiary/aromatic N) is 2. The van der Waals surface area contributed by atoms with Gasteiger partial charge in [0.25, 0.3) is 0 Å². The molecule has 0 fully saturated rings. The molecule has 4 nitrogen and oxygen atoms in total. The number of aliphatic imine (C=N–C) groups is 1. The molecule has 2 aliphatic heterocycles. The average Bonchev–Trinajstić information content (AvgIpc) is 3.12. The molecule has 1 aromatic heterocycles. The molecular formula is C40H30N4. The highest BCUT2D eigenvalue weighted by atomic mass is 15.1. The van der Waals surface area contributed by atoms with Gasteiger partial charge in [-0.1, -0.05) is 103 Å². The van der Waals surface area contributed by atoms with Gasteiger partial charge in [-0.25, -0.2) is 0 Å². The maximum Gasteiger partial charge on any atom is 0.145 e. The third-order valence-corrected chi connectivity index (χ3v) is 8.40. The molecule has 8 rings (SSSR count). The molecule has 0 saturated carbocycles. The van der Waals surface area contributed by atoms with Crippen LogP contribution >= 0.6 is 0 Å². The zero-order chi connectivity index (χ0) is 29.3. The molecule has 0 bridgehead atoms. The summed E-state index contributed by atoms with van der Waals surface area (Å²) in [5.74, 6) is 0. The molecular weight excluding hydrogens is 536 g/mol. The van der Waals surface area contributed by atoms with E-state index in [2.05, 4.69) is 137 Å². The number of rotatable bonds is 5. The van der Waals surface area contributed by atoms with E-state index in [4.69, 9.17) is 4.99 Å². The lowest BCUT2D eigenvalue weighted by Gasteiger charge is -2.28. The van der Waals surface area contributed by atoms with Crippen LogP contribution in [0.25, 0.3) is 38.7 Å². The zero-order valence-electron chi connectivity index (χ0n) is 24.1. The molecule has 0 radical (unpaired) electrons. The molecule has 6 aromatic rings. The smallest absolute Gasteiger partial charge is 0.145 e. The fourth-order valence-corrected chi connectivity index (χ4v) is 6.16. The number of pyridine rings is 1. The van der Waals surface area contributed by atoms with Crippen LogP contribution in [-0.2, 0) is 0 Å². The fourth-order valence-electron chi connectivity index (χ4n) is 6.16. The summed E-state index contributed by atoms with van der Waals surface area (Å²) >= 11 is 0. The highest BCUT2D eigenvalue weighted by molar-refractivity contribution is 6.20. The first kappa shape index (κ1) is 25.9. The molecule has 44 heavy (non-hydrogen) atoms. The Kier molecular flexibility index (Phi) is 6.58. The predicted octanol–water partition coefficient (Wildman–Crippen LogP) is 9.03. The van der Waals surface area contributed by atoms with E-state index in [0.717, 1.165) is 57.0 Å². The van der Waals surface area contributed by atoms with Crippen molar-refractivity contribution in [3.05, 3.63) is 174 Å². The summed E-state index contributed by atoms with van der Waals surface area (Å²) in [7, 11) is 0. The second kappa shape index (κ2) is 11.2. The quantitative estimate of drug-likeness (QED) is 0.219. The first-order valence-corrected chi connectivity index (χ1v) is 15.0. The number of hydrogen-bond donors (Lipinski definition) is 2. The topological polar surface area (TPSA) is 49.3 Å². The van der Waals surface area contributed by atoms with E-state index in [1.54, 1.807) is 0 Å². The van der Waals surface area contributed by atoms with E-state index < -0.39 is 0 Å². The summed E-state index contributed by atoms with van der Waals surface area (Å²) in [6.45, 7) is 0.780. The van der Waals surface area contributed by atoms with E-state index >= 15 is 0 Å². The third kappa shape index (κ3) is 4.87. The van der Waals surface area contributed by atoms with Crippen LogP contribution in [0.15, 0.2) is 157 Å². The van der Waals surface area contributed by atoms with Crippen molar-refractivity contribution < 1.29 is 0 Å². The number of aromatic nitrogens is 1. The molecule has 210 valence electrons. The molecule has 0 saturated heterocycles. The second-order valence-electron chi connectivity index (χ2n) is 11.2. The lowest BCUT2D eigenvalue weighted by Crippen LogP contribution is -2.21. The molecule has 5 aromatic carbocycles. The van der Waals surface area contributed by atoms with Crippen molar-refractivity contribution >= 4 is 27.7 Å². The lowest BCUT2D eigenvalue weighted by atomic mass is 9.91. The molecule has 4 heteroatoms. The number of fused-ring (bicyclic) bond motifs is 3. The van der Waals surface area contributed by atoms with Gasteiger partial charge in [0.1, 0.15) is 6.17 Å². The molecule has 2 aliphatic rings. The van der Waals surface area contributed by atoms with Crippen LogP contribution in [0.1, 0.15) is 28.4 Å². The van der Waals surface area contributed by atoms with Gasteiger partial charge in [-0.15, -0.1) is 0 Å². The summed E-state index contributed by atoms with van der Waals surface area (Å²) in [4.78, 5) is 9.92. The van der Waals surface area contributed by atoms with E-state index in [-0.39, 0.29) is 6.17 Å². The minimum Gasteiger partial charge on any atom is -0.387 e. The SMILES string of the molecule is C1=CNCC(c2cc(-c3ccc(-c4ccccn4)cc3)cc(C3N=C(c4ccccc4)c4ccc5ccccc5c4N3)c2)=C1. The second-order valence-corrected chi connectivity index (χ2v) is 11.2. The Morgan fingerprint density at radius 2 is 1.43 bits per heavy atom. The maximum absolute atomic E-state index is 5.39. The summed E-state index contributed by atoms with van der Waals surface area (Å²) in [6.07, 6.45) is 7.83. The lowest BCUT2D eigenvalue weighted by molar-refractivity contribution is 0.830. The Morgan fingerprint density at radius 1 is 0.636 bits per heavy atom. The normalized spacial score (nSPS) is 15.5. The predicted molar refractivity (Wildman–Crippen MR) is 183 cm³/mol. The van der Waals surface area contributed by atoms with Gasteiger partial charge in [-0.3, -0.25) is 9.98 Å². The van der Waals surface area contributed by atoms with E-state index in [1.165, 1.54) is 21.9 Å². The number of allylic oxidation sites excluding steroid dienone is 2. The van der Waals surface area contributed by atoms with Gasteiger partial charge in [0.2, 0.25) is 0 Å². The van der Waals surface area contributed by atoms with Gasteiger partial charge >= 0.3 is 0 Å². The van der Waals surface area contributed by atoms with Crippen LogP contribution < -0.4 is 10.6 Å². The fraction of sp³-hybridized carbons (Fsp3) is 0.0500. The van der Waals surface area contributed by atoms with Crippen molar-refractivity contribution in [1.82, 2.24) is 10.3 Å². The average molecular weight is 567 g/mol. The third-order valence-electron chi connectivity index (χ3n) is 8.40. The Labute approximate surface area is 257 Å². The summed E-state index contributed by atoms with van der Waals surface area (Å²) in [5.41, 5.74) is 12.3. The monoisotopic (exact) mass is 566 g/mol. The van der Waals surface area contributed by atoms with E-state index in [1.807, 2.05) is 30.6 Å². The first-order valence-electron chi connectivity index (χ1n) is 15.0. The molecule has 1 unspecified atom stereocenters. The van der Waals surface area contributed by atoms with Crippen molar-refractivity contribution in [1.29, 1.82) is 0 Å². The minimum absolute atomic E-state index is 0.261. The van der Waals surface area contributed by atoms with Crippen LogP contribution in [0.2, 0.25) is 0 Å². The number of dihydropyridines is 1. The molecule has 3 heterocycles. The van der Waals surface area contributed by atoms with Gasteiger partial charge in [-0.05, 0) is 75.8 Å². The number of anilines is 1. The molecule has 0 amide bonds. The number of benzene rings is 5. The number of hydrogen-bond acceptors (Lipinski definition) is 4. The van der Waals surface area contributed by atoms with Crippen molar-refractivity contribution in [3.63, 3.8) is 0 Å². The van der Waals surface area contributed by atoms with Gasteiger partial charge in [0.15, 0.2) is 0 Å². The van der Waals surface area contributed by atoms with E-state index in [0.29, 0.717) is 0 Å². The molecule has 1 atom stereocenters. The standard InChI is InChI=1S/C40H30N4/c1-2-10-30(11-3-1)38-36-20-19-28-9-4-5-13-35(28)39(36)44-40(43-38)34-24-32(23-33(25-34)31-12-8-21-41-26-31)27-15-17-29(18-16-27)37-14-6-7-22-42-37/h1-25,40-41,44H,26H2. The Bertz CT molecular complexity index is 2070. The van der Waals surface area contributed by atoms with Crippen molar-refractivity contribution in [2.24, 2.45) is 4.99 Å². The van der Waals surface area contributed by atoms with Crippen molar-refractivity contribution in [2.75, 3.05) is 11.9 Å². The summed E-state index contributed by atoms with van der Waals surface area (Å²) in [5, 5.41) is 9.64. The first-order chi connectivity index (χ1) is 21.8. The van der Waals surface area contributed by atoms with Crippen LogP contribution in [0, 0.1) is 0 Å². The highest BCUT2D eigenvalue weighted by Crippen LogP contribution is 2.39. The van der Waals surface area contributed by atoms with Gasteiger partial charge in [0, 0.05) is 34.8 Å². The van der Waals surface area contributed by atoms with Crippen LogP contribution in [0.4, 0.5) is 5.69 Å². The summed E-state index contributed by atoms with van der Waals surface area (Å²) in [6, 6.07) is 45.0. The Balaban J connectivity index is 1.28. The van der Waals surface area contributed by atoms with Crippen molar-refractivity contribution in [3.8, 4) is 22.4 Å².